The molecule has 0 radical (unpaired) electrons. The van der Waals surface area contributed by atoms with Crippen LogP contribution in [0.5, 0.6) is 0 Å². The van der Waals surface area contributed by atoms with Crippen LogP contribution in [0.15, 0.2) is 0 Å². The molecular formula is C12H24N2. The standard InChI is InChI=1S/C12H24N2/c1-14(2)10-12(9-11-3-4-11)5-7-13-8-6-12/h11,13H,3-10H2,1-2H3. The Morgan fingerprint density at radius 3 is 2.36 bits per heavy atom. The molecule has 0 atom stereocenters. The van der Waals surface area contributed by atoms with Gasteiger partial charge >= 0.3 is 0 Å². The highest BCUT2D eigenvalue weighted by atomic mass is 15.1. The van der Waals surface area contributed by atoms with Gasteiger partial charge in [0.05, 0.1) is 0 Å². The molecule has 2 fully saturated rings. The summed E-state index contributed by atoms with van der Waals surface area (Å²) in [5.41, 5.74) is 0.649. The van der Waals surface area contributed by atoms with Crippen LogP contribution >= 0.6 is 0 Å². The van der Waals surface area contributed by atoms with E-state index in [0.717, 1.165) is 5.92 Å². The molecule has 0 bridgehead atoms. The molecule has 2 aliphatic rings. The highest BCUT2D eigenvalue weighted by molar-refractivity contribution is 4.91. The van der Waals surface area contributed by atoms with Crippen LogP contribution < -0.4 is 5.32 Å². The fourth-order valence-electron chi connectivity index (χ4n) is 2.99. The minimum atomic E-state index is 0.649. The number of piperidine rings is 1. The zero-order valence-electron chi connectivity index (χ0n) is 9.68. The first-order valence-electron chi connectivity index (χ1n) is 6.06. The Morgan fingerprint density at radius 2 is 1.86 bits per heavy atom. The fraction of sp³-hybridized carbons (Fsp3) is 1.00. The zero-order chi connectivity index (χ0) is 10.0. The van der Waals surface area contributed by atoms with E-state index in [1.165, 1.54) is 51.7 Å². The van der Waals surface area contributed by atoms with Crippen LogP contribution in [0.25, 0.3) is 0 Å². The van der Waals surface area contributed by atoms with Crippen LogP contribution in [0.3, 0.4) is 0 Å². The molecule has 0 spiro atoms. The summed E-state index contributed by atoms with van der Waals surface area (Å²) in [6, 6.07) is 0. The first-order chi connectivity index (χ1) is 6.70. The predicted molar refractivity (Wildman–Crippen MR) is 60.4 cm³/mol. The molecule has 82 valence electrons. The number of rotatable bonds is 4. The molecule has 1 aliphatic heterocycles. The van der Waals surface area contributed by atoms with Gasteiger partial charge in [-0.1, -0.05) is 12.8 Å². The Kier molecular flexibility index (Phi) is 3.13. The Balaban J connectivity index is 1.93. The van der Waals surface area contributed by atoms with Crippen LogP contribution in [-0.2, 0) is 0 Å². The number of nitrogens with one attached hydrogen (secondary N) is 1. The maximum absolute atomic E-state index is 3.49. The van der Waals surface area contributed by atoms with Gasteiger partial charge in [-0.25, -0.2) is 0 Å². The first kappa shape index (κ1) is 10.4. The molecule has 0 unspecified atom stereocenters. The summed E-state index contributed by atoms with van der Waals surface area (Å²) < 4.78 is 0. The fourth-order valence-corrected chi connectivity index (χ4v) is 2.99. The molecule has 0 aromatic rings. The van der Waals surface area contributed by atoms with Crippen LogP contribution in [0.1, 0.15) is 32.1 Å². The van der Waals surface area contributed by atoms with Crippen molar-refractivity contribution >= 4 is 0 Å². The van der Waals surface area contributed by atoms with Crippen molar-refractivity contribution in [2.45, 2.75) is 32.1 Å². The largest absolute Gasteiger partial charge is 0.317 e. The van der Waals surface area contributed by atoms with Gasteiger partial charge in [0.15, 0.2) is 0 Å². The molecule has 14 heavy (non-hydrogen) atoms. The average molecular weight is 196 g/mol. The van der Waals surface area contributed by atoms with Gasteiger partial charge < -0.3 is 10.2 Å². The highest BCUT2D eigenvalue weighted by Gasteiger charge is 2.37. The van der Waals surface area contributed by atoms with Crippen molar-refractivity contribution in [3.63, 3.8) is 0 Å². The molecule has 0 aromatic carbocycles. The molecule has 0 amide bonds. The van der Waals surface area contributed by atoms with Gasteiger partial charge in [0, 0.05) is 6.54 Å². The van der Waals surface area contributed by atoms with Gasteiger partial charge in [0.25, 0.3) is 0 Å². The van der Waals surface area contributed by atoms with Gasteiger partial charge in [-0.05, 0) is 57.8 Å². The molecule has 2 heteroatoms. The second-order valence-corrected chi connectivity index (χ2v) is 5.64. The molecule has 2 rings (SSSR count). The van der Waals surface area contributed by atoms with E-state index in [2.05, 4.69) is 24.3 Å². The molecule has 0 aromatic heterocycles. The van der Waals surface area contributed by atoms with Crippen molar-refractivity contribution < 1.29 is 0 Å². The van der Waals surface area contributed by atoms with Gasteiger partial charge in [0.1, 0.15) is 0 Å². The molecule has 1 saturated heterocycles. The second kappa shape index (κ2) is 4.19. The first-order valence-corrected chi connectivity index (χ1v) is 6.06. The van der Waals surface area contributed by atoms with Crippen LogP contribution in [-0.4, -0.2) is 38.6 Å². The smallest absolute Gasteiger partial charge is 0.00329 e. The third-order valence-electron chi connectivity index (χ3n) is 3.73. The van der Waals surface area contributed by atoms with Crippen LogP contribution in [0.4, 0.5) is 0 Å². The monoisotopic (exact) mass is 196 g/mol. The number of hydrogen-bond acceptors (Lipinski definition) is 2. The van der Waals surface area contributed by atoms with E-state index >= 15 is 0 Å². The second-order valence-electron chi connectivity index (χ2n) is 5.64. The lowest BCUT2D eigenvalue weighted by atomic mass is 9.74. The molecule has 1 aliphatic carbocycles. The minimum Gasteiger partial charge on any atom is -0.317 e. The Bertz CT molecular complexity index is 173. The van der Waals surface area contributed by atoms with Gasteiger partial charge in [-0.2, -0.15) is 0 Å². The average Bonchev–Trinajstić information content (AvgIpc) is 2.88. The number of hydrogen-bond donors (Lipinski definition) is 1. The lowest BCUT2D eigenvalue weighted by molar-refractivity contribution is 0.123. The summed E-state index contributed by atoms with van der Waals surface area (Å²) in [6.07, 6.45) is 7.28. The van der Waals surface area contributed by atoms with E-state index in [4.69, 9.17) is 0 Å². The van der Waals surface area contributed by atoms with Crippen molar-refractivity contribution in [1.29, 1.82) is 0 Å². The lowest BCUT2D eigenvalue weighted by Crippen LogP contribution is -2.43. The normalized spacial score (nSPS) is 26.8. The third-order valence-corrected chi connectivity index (χ3v) is 3.73. The van der Waals surface area contributed by atoms with Crippen molar-refractivity contribution in [3.8, 4) is 0 Å². The lowest BCUT2D eigenvalue weighted by Gasteiger charge is -2.40. The molecule has 1 saturated carbocycles. The minimum absolute atomic E-state index is 0.649. The molecule has 2 nitrogen and oxygen atoms in total. The van der Waals surface area contributed by atoms with E-state index in [1.54, 1.807) is 0 Å². The van der Waals surface area contributed by atoms with E-state index in [1.807, 2.05) is 0 Å². The SMILES string of the molecule is CN(C)CC1(CC2CC2)CCNCC1. The van der Waals surface area contributed by atoms with E-state index in [0.29, 0.717) is 5.41 Å². The quantitative estimate of drug-likeness (QED) is 0.736. The predicted octanol–water partition coefficient (Wildman–Crippen LogP) is 1.72. The topological polar surface area (TPSA) is 15.3 Å². The molecule has 1 heterocycles. The maximum Gasteiger partial charge on any atom is 0.00329 e. The summed E-state index contributed by atoms with van der Waals surface area (Å²) in [5, 5.41) is 3.49. The molecular weight excluding hydrogens is 172 g/mol. The van der Waals surface area contributed by atoms with Crippen molar-refractivity contribution in [3.05, 3.63) is 0 Å². The highest BCUT2D eigenvalue weighted by Crippen LogP contribution is 2.44. The summed E-state index contributed by atoms with van der Waals surface area (Å²) in [5.74, 6) is 1.08. The summed E-state index contributed by atoms with van der Waals surface area (Å²) >= 11 is 0. The van der Waals surface area contributed by atoms with E-state index in [-0.39, 0.29) is 0 Å². The van der Waals surface area contributed by atoms with Gasteiger partial charge in [-0.15, -0.1) is 0 Å². The van der Waals surface area contributed by atoms with Crippen LogP contribution in [0.2, 0.25) is 0 Å². The Hall–Kier alpha value is -0.0800. The molecule has 1 N–H and O–H groups in total. The maximum atomic E-state index is 3.49. The van der Waals surface area contributed by atoms with Gasteiger partial charge in [0.2, 0.25) is 0 Å². The Morgan fingerprint density at radius 1 is 1.21 bits per heavy atom. The van der Waals surface area contributed by atoms with Gasteiger partial charge in [-0.3, -0.25) is 0 Å². The number of nitrogens with zero attached hydrogens (tertiary/aromatic N) is 1. The van der Waals surface area contributed by atoms with Crippen molar-refractivity contribution in [1.82, 2.24) is 10.2 Å². The summed E-state index contributed by atoms with van der Waals surface area (Å²) in [4.78, 5) is 2.38. The third kappa shape index (κ3) is 2.71. The van der Waals surface area contributed by atoms with Crippen molar-refractivity contribution in [2.75, 3.05) is 33.7 Å². The van der Waals surface area contributed by atoms with Crippen LogP contribution in [0, 0.1) is 11.3 Å². The summed E-state index contributed by atoms with van der Waals surface area (Å²) in [7, 11) is 4.44. The summed E-state index contributed by atoms with van der Waals surface area (Å²) in [6.45, 7) is 3.77. The zero-order valence-corrected chi connectivity index (χ0v) is 9.68. The Labute approximate surface area is 88.1 Å². The van der Waals surface area contributed by atoms with E-state index in [9.17, 15) is 0 Å². The van der Waals surface area contributed by atoms with E-state index < -0.39 is 0 Å². The van der Waals surface area contributed by atoms with Crippen molar-refractivity contribution in [2.24, 2.45) is 11.3 Å².